The minimum absolute atomic E-state index is 0.133. The average Bonchev–Trinajstić information content (AvgIpc) is 2.95. The van der Waals surface area contributed by atoms with Gasteiger partial charge in [-0.15, -0.1) is 0 Å². The highest BCUT2D eigenvalue weighted by Crippen LogP contribution is 2.26. The second-order valence-electron chi connectivity index (χ2n) is 9.82. The number of halogens is 2. The number of amides is 2. The quantitative estimate of drug-likeness (QED) is 0.310. The summed E-state index contributed by atoms with van der Waals surface area (Å²) in [7, 11) is 0. The molecule has 3 aromatic carbocycles. The molecule has 0 bridgehead atoms. The maximum atomic E-state index is 13.8. The molecule has 39 heavy (non-hydrogen) atoms. The van der Waals surface area contributed by atoms with Crippen LogP contribution in [0, 0.1) is 24.5 Å². The molecule has 0 spiro atoms. The second kappa shape index (κ2) is 13.8. The molecule has 1 aliphatic rings. The van der Waals surface area contributed by atoms with Crippen LogP contribution in [-0.4, -0.2) is 42.6 Å². The van der Waals surface area contributed by atoms with Gasteiger partial charge in [0.25, 0.3) is 5.91 Å². The monoisotopic (exact) mass is 536 g/mol. The molecule has 0 radical (unpaired) electrons. The van der Waals surface area contributed by atoms with Gasteiger partial charge < -0.3 is 19.7 Å². The largest absolute Gasteiger partial charge is 0.415 e. The van der Waals surface area contributed by atoms with Crippen molar-refractivity contribution in [2.75, 3.05) is 19.7 Å². The Bertz CT molecular complexity index is 1230. The van der Waals surface area contributed by atoms with Crippen LogP contribution in [0.3, 0.4) is 0 Å². The van der Waals surface area contributed by atoms with E-state index in [0.717, 1.165) is 12.0 Å². The summed E-state index contributed by atoms with van der Waals surface area (Å²) in [5.74, 6) is -0.725. The number of piperidine rings is 1. The van der Waals surface area contributed by atoms with E-state index in [1.54, 1.807) is 17.9 Å². The third-order valence-corrected chi connectivity index (χ3v) is 7.12. The fourth-order valence-corrected chi connectivity index (χ4v) is 4.79. The fourth-order valence-electron chi connectivity index (χ4n) is 4.79. The first-order valence-electron chi connectivity index (χ1n) is 13.3. The summed E-state index contributed by atoms with van der Waals surface area (Å²) < 4.78 is 38.5. The lowest BCUT2D eigenvalue weighted by Crippen LogP contribution is -2.47. The lowest BCUT2D eigenvalue weighted by molar-refractivity contribution is 0.0846. The van der Waals surface area contributed by atoms with Crippen LogP contribution < -0.4 is 10.1 Å². The number of hydrogen-bond acceptors (Lipinski definition) is 4. The van der Waals surface area contributed by atoms with Crippen LogP contribution in [0.25, 0.3) is 0 Å². The van der Waals surface area contributed by atoms with Crippen LogP contribution >= 0.6 is 0 Å². The molecule has 0 saturated carbocycles. The van der Waals surface area contributed by atoms with Gasteiger partial charge in [-0.25, -0.2) is 13.6 Å². The molecule has 1 heterocycles. The van der Waals surface area contributed by atoms with Gasteiger partial charge in [-0.1, -0.05) is 36.4 Å². The molecule has 1 aliphatic heterocycles. The van der Waals surface area contributed by atoms with Crippen LogP contribution in [0.15, 0.2) is 72.8 Å². The number of carbonyl (C=O) groups excluding carboxylic acids is 2. The number of carbonyl (C=O) groups is 2. The first-order valence-corrected chi connectivity index (χ1v) is 13.3. The number of nitrogens with one attached hydrogen (secondary N) is 1. The molecule has 1 saturated heterocycles. The summed E-state index contributed by atoms with van der Waals surface area (Å²) in [6.45, 7) is 3.58. The zero-order valence-electron chi connectivity index (χ0n) is 22.1. The van der Waals surface area contributed by atoms with Gasteiger partial charge in [0.2, 0.25) is 0 Å². The van der Waals surface area contributed by atoms with Crippen LogP contribution in [0.1, 0.15) is 47.2 Å². The van der Waals surface area contributed by atoms with E-state index in [-0.39, 0.29) is 23.6 Å². The fraction of sp³-hybridized carbons (Fsp3) is 0.355. The molecule has 6 nitrogen and oxygen atoms in total. The standard InChI is InChI=1S/C31H34F2N2O4/c1-22-27(33)9-5-11-29(22)39-31(37)35-18-16-24(17-19-35)28(34-30(36)25-12-14-26(32)15-13-25)10-6-20-38-21-23-7-3-2-4-8-23/h2-5,7-9,11-15,24,28H,6,10,16-21H2,1H3,(H,34,36)/t28-/m1/s1. The molecule has 1 N–H and O–H groups in total. The first-order chi connectivity index (χ1) is 18.9. The highest BCUT2D eigenvalue weighted by Gasteiger charge is 2.30. The van der Waals surface area contributed by atoms with E-state index in [1.807, 2.05) is 30.3 Å². The molecular formula is C31H34F2N2O4. The third kappa shape index (κ3) is 8.10. The number of hydrogen-bond donors (Lipinski definition) is 1. The Morgan fingerprint density at radius 3 is 2.41 bits per heavy atom. The van der Waals surface area contributed by atoms with Gasteiger partial charge in [0.15, 0.2) is 0 Å². The molecule has 1 fully saturated rings. The molecule has 4 rings (SSSR count). The van der Waals surface area contributed by atoms with Gasteiger partial charge in [-0.2, -0.15) is 0 Å². The maximum Gasteiger partial charge on any atom is 0.415 e. The Labute approximate surface area is 227 Å². The lowest BCUT2D eigenvalue weighted by Gasteiger charge is -2.36. The molecule has 1 atom stereocenters. The van der Waals surface area contributed by atoms with Crippen molar-refractivity contribution in [3.05, 3.63) is 101 Å². The molecule has 206 valence electrons. The normalized spacial score (nSPS) is 14.6. The Kier molecular flexibility index (Phi) is 10.0. The van der Waals surface area contributed by atoms with Gasteiger partial charge in [0, 0.05) is 36.9 Å². The Balaban J connectivity index is 1.32. The topological polar surface area (TPSA) is 67.9 Å². The SMILES string of the molecule is Cc1c(F)cccc1OC(=O)N1CCC([C@@H](CCCOCc2ccccc2)NC(=O)c2ccc(F)cc2)CC1. The molecular weight excluding hydrogens is 502 g/mol. The van der Waals surface area contributed by atoms with Gasteiger partial charge >= 0.3 is 6.09 Å². The van der Waals surface area contributed by atoms with Crippen molar-refractivity contribution in [1.29, 1.82) is 0 Å². The Hall–Kier alpha value is -3.78. The Morgan fingerprint density at radius 1 is 0.974 bits per heavy atom. The number of ether oxygens (including phenoxy) is 2. The van der Waals surface area contributed by atoms with E-state index in [1.165, 1.54) is 36.4 Å². The number of rotatable bonds is 10. The van der Waals surface area contributed by atoms with Crippen LogP contribution in [-0.2, 0) is 11.3 Å². The van der Waals surface area contributed by atoms with E-state index < -0.39 is 17.7 Å². The van der Waals surface area contributed by atoms with Crippen molar-refractivity contribution in [2.45, 2.75) is 45.3 Å². The van der Waals surface area contributed by atoms with Crippen LogP contribution in [0.2, 0.25) is 0 Å². The summed E-state index contributed by atoms with van der Waals surface area (Å²) in [4.78, 5) is 27.3. The zero-order valence-corrected chi connectivity index (χ0v) is 22.1. The number of nitrogens with zero attached hydrogens (tertiary/aromatic N) is 1. The highest BCUT2D eigenvalue weighted by molar-refractivity contribution is 5.94. The van der Waals surface area contributed by atoms with E-state index >= 15 is 0 Å². The third-order valence-electron chi connectivity index (χ3n) is 7.12. The van der Waals surface area contributed by atoms with E-state index in [4.69, 9.17) is 9.47 Å². The molecule has 3 aromatic rings. The molecule has 0 aliphatic carbocycles. The Morgan fingerprint density at radius 2 is 1.69 bits per heavy atom. The zero-order chi connectivity index (χ0) is 27.6. The predicted molar refractivity (Wildman–Crippen MR) is 144 cm³/mol. The van der Waals surface area contributed by atoms with Crippen LogP contribution in [0.4, 0.5) is 13.6 Å². The van der Waals surface area contributed by atoms with Crippen molar-refractivity contribution < 1.29 is 27.8 Å². The molecule has 0 aromatic heterocycles. The average molecular weight is 537 g/mol. The van der Waals surface area contributed by atoms with Gasteiger partial charge in [0.1, 0.15) is 17.4 Å². The molecule has 8 heteroatoms. The summed E-state index contributed by atoms with van der Waals surface area (Å²) in [6, 6.07) is 19.7. The van der Waals surface area contributed by atoms with Crippen molar-refractivity contribution in [3.63, 3.8) is 0 Å². The second-order valence-corrected chi connectivity index (χ2v) is 9.82. The smallest absolute Gasteiger partial charge is 0.410 e. The van der Waals surface area contributed by atoms with Crippen LogP contribution in [0.5, 0.6) is 5.75 Å². The van der Waals surface area contributed by atoms with E-state index in [0.29, 0.717) is 56.7 Å². The minimum Gasteiger partial charge on any atom is -0.410 e. The summed E-state index contributed by atoms with van der Waals surface area (Å²) >= 11 is 0. The van der Waals surface area contributed by atoms with Crippen molar-refractivity contribution in [1.82, 2.24) is 10.2 Å². The van der Waals surface area contributed by atoms with Gasteiger partial charge in [-0.3, -0.25) is 4.79 Å². The number of likely N-dealkylation sites (tertiary alicyclic amines) is 1. The van der Waals surface area contributed by atoms with Crippen molar-refractivity contribution >= 4 is 12.0 Å². The summed E-state index contributed by atoms with van der Waals surface area (Å²) in [5.41, 5.74) is 1.79. The minimum atomic E-state index is -0.511. The lowest BCUT2D eigenvalue weighted by atomic mass is 9.86. The van der Waals surface area contributed by atoms with E-state index in [9.17, 15) is 18.4 Å². The first kappa shape index (κ1) is 28.2. The summed E-state index contributed by atoms with van der Waals surface area (Å²) in [5, 5.41) is 3.14. The van der Waals surface area contributed by atoms with Crippen molar-refractivity contribution in [2.24, 2.45) is 5.92 Å². The van der Waals surface area contributed by atoms with Crippen molar-refractivity contribution in [3.8, 4) is 5.75 Å². The predicted octanol–water partition coefficient (Wildman–Crippen LogP) is 6.28. The molecule has 2 amide bonds. The highest BCUT2D eigenvalue weighted by atomic mass is 19.1. The maximum absolute atomic E-state index is 13.8. The number of benzene rings is 3. The molecule has 0 unspecified atom stereocenters. The summed E-state index contributed by atoms with van der Waals surface area (Å²) in [6.07, 6.45) is 2.30. The van der Waals surface area contributed by atoms with Gasteiger partial charge in [0.05, 0.1) is 6.61 Å². The van der Waals surface area contributed by atoms with E-state index in [2.05, 4.69) is 5.32 Å². The van der Waals surface area contributed by atoms with Gasteiger partial charge in [-0.05, 0) is 80.5 Å².